The molecule has 1 N–H and O–H groups in total. The minimum atomic E-state index is -0.272. The summed E-state index contributed by atoms with van der Waals surface area (Å²) in [7, 11) is 0. The molecule has 174 valence electrons. The number of rotatable bonds is 8. The minimum Gasteiger partial charge on any atom is -0.490 e. The first kappa shape index (κ1) is 22.1. The van der Waals surface area contributed by atoms with E-state index in [0.29, 0.717) is 45.6 Å². The Bertz CT molecular complexity index is 1310. The van der Waals surface area contributed by atoms with Crippen LogP contribution in [0.15, 0.2) is 53.1 Å². The van der Waals surface area contributed by atoms with E-state index in [2.05, 4.69) is 27.4 Å². The van der Waals surface area contributed by atoms with Gasteiger partial charge in [0.05, 0.1) is 6.10 Å². The molecular weight excluding hydrogens is 452 g/mol. The molecule has 2 heterocycles. The Hall–Kier alpha value is -3.72. The van der Waals surface area contributed by atoms with Crippen LogP contribution in [0.1, 0.15) is 40.9 Å². The number of aromatic nitrogens is 3. The summed E-state index contributed by atoms with van der Waals surface area (Å²) in [6, 6.07) is 12.5. The minimum absolute atomic E-state index is 0.0740. The van der Waals surface area contributed by atoms with Crippen LogP contribution in [-0.4, -0.2) is 27.2 Å². The number of ether oxygens (including phenoxy) is 2. The van der Waals surface area contributed by atoms with Crippen LogP contribution >= 0.6 is 11.3 Å². The number of aryl methyl sites for hydroxylation is 2. The summed E-state index contributed by atoms with van der Waals surface area (Å²) >= 11 is 1.42. The van der Waals surface area contributed by atoms with Crippen LogP contribution in [0.4, 0.5) is 5.13 Å². The number of nitrogens with one attached hydrogen (secondary N) is 1. The number of nitrogens with zero attached hydrogens (tertiary/aromatic N) is 3. The third-order valence-electron chi connectivity index (χ3n) is 5.45. The van der Waals surface area contributed by atoms with Crippen molar-refractivity contribution < 1.29 is 18.7 Å². The lowest BCUT2D eigenvalue weighted by atomic mass is 10.1. The van der Waals surface area contributed by atoms with Gasteiger partial charge in [0.2, 0.25) is 11.8 Å². The van der Waals surface area contributed by atoms with Crippen molar-refractivity contribution in [1.82, 2.24) is 15.2 Å². The molecule has 0 spiro atoms. The molecule has 0 radical (unpaired) electrons. The van der Waals surface area contributed by atoms with Crippen LogP contribution in [-0.2, 0) is 0 Å². The number of anilines is 1. The van der Waals surface area contributed by atoms with Crippen molar-refractivity contribution in [3.05, 3.63) is 65.0 Å². The Morgan fingerprint density at radius 2 is 1.85 bits per heavy atom. The molecular formula is C25H24N4O4S. The fourth-order valence-corrected chi connectivity index (χ4v) is 4.16. The van der Waals surface area contributed by atoms with E-state index in [4.69, 9.17) is 13.9 Å². The Morgan fingerprint density at radius 3 is 2.50 bits per heavy atom. The Balaban J connectivity index is 1.38. The molecule has 0 aliphatic heterocycles. The highest BCUT2D eigenvalue weighted by molar-refractivity contribution is 7.15. The zero-order valence-electron chi connectivity index (χ0n) is 19.1. The van der Waals surface area contributed by atoms with E-state index in [1.807, 2.05) is 31.2 Å². The molecule has 0 bridgehead atoms. The number of amides is 1. The first-order chi connectivity index (χ1) is 16.4. The van der Waals surface area contributed by atoms with Crippen LogP contribution in [0.2, 0.25) is 0 Å². The van der Waals surface area contributed by atoms with Gasteiger partial charge in [-0.15, -0.1) is 21.5 Å². The number of carbonyl (C=O) groups is 1. The molecule has 5 rings (SSSR count). The Labute approximate surface area is 201 Å². The highest BCUT2D eigenvalue weighted by Crippen LogP contribution is 2.36. The van der Waals surface area contributed by atoms with Crippen molar-refractivity contribution in [2.45, 2.75) is 39.7 Å². The largest absolute Gasteiger partial charge is 0.490 e. The van der Waals surface area contributed by atoms with Gasteiger partial charge in [0.15, 0.2) is 5.13 Å². The van der Waals surface area contributed by atoms with Crippen molar-refractivity contribution in [3.63, 3.8) is 0 Å². The van der Waals surface area contributed by atoms with E-state index in [1.54, 1.807) is 31.3 Å². The van der Waals surface area contributed by atoms with Crippen molar-refractivity contribution in [3.8, 4) is 28.7 Å². The molecule has 34 heavy (non-hydrogen) atoms. The maximum absolute atomic E-state index is 12.9. The van der Waals surface area contributed by atoms with E-state index < -0.39 is 0 Å². The summed E-state index contributed by atoms with van der Waals surface area (Å²) in [5.74, 6) is 2.94. The van der Waals surface area contributed by atoms with Gasteiger partial charge in [-0.3, -0.25) is 10.1 Å². The lowest BCUT2D eigenvalue weighted by molar-refractivity contribution is 0.102. The van der Waals surface area contributed by atoms with E-state index in [-0.39, 0.29) is 12.0 Å². The van der Waals surface area contributed by atoms with Gasteiger partial charge in [0.25, 0.3) is 5.91 Å². The summed E-state index contributed by atoms with van der Waals surface area (Å²) in [5, 5.41) is 11.3. The van der Waals surface area contributed by atoms with Gasteiger partial charge in [-0.1, -0.05) is 0 Å². The molecule has 1 atom stereocenters. The number of thiazole rings is 1. The zero-order valence-corrected chi connectivity index (χ0v) is 19.9. The van der Waals surface area contributed by atoms with Crippen LogP contribution in [0.3, 0.4) is 0 Å². The average Bonchev–Trinajstić information content (AvgIpc) is 3.46. The average molecular weight is 477 g/mol. The second-order valence-electron chi connectivity index (χ2n) is 8.34. The number of hydrogen-bond acceptors (Lipinski definition) is 8. The number of hydrogen-bond donors (Lipinski definition) is 1. The quantitative estimate of drug-likeness (QED) is 0.331. The SMILES string of the molecule is Cc1nnc(-c2ccc(Oc3cc(OC(C)C4CC4)cc(C(=O)Nc4ncc(C)s4)c3)cc2)o1. The van der Waals surface area contributed by atoms with Gasteiger partial charge < -0.3 is 13.9 Å². The Morgan fingerprint density at radius 1 is 1.09 bits per heavy atom. The highest BCUT2D eigenvalue weighted by atomic mass is 32.1. The van der Waals surface area contributed by atoms with E-state index in [9.17, 15) is 4.79 Å². The summed E-state index contributed by atoms with van der Waals surface area (Å²) in [4.78, 5) is 18.2. The van der Waals surface area contributed by atoms with Gasteiger partial charge in [0, 0.05) is 35.2 Å². The number of carbonyl (C=O) groups excluding carboxylic acids is 1. The summed E-state index contributed by atoms with van der Waals surface area (Å²) in [6.07, 6.45) is 4.13. The third kappa shape index (κ3) is 5.26. The number of benzene rings is 2. The van der Waals surface area contributed by atoms with Crippen LogP contribution in [0, 0.1) is 19.8 Å². The Kier molecular flexibility index (Phi) is 6.02. The van der Waals surface area contributed by atoms with Gasteiger partial charge in [-0.2, -0.15) is 0 Å². The fraction of sp³-hybridized carbons (Fsp3) is 0.280. The third-order valence-corrected chi connectivity index (χ3v) is 6.28. The molecule has 4 aromatic rings. The molecule has 0 saturated heterocycles. The van der Waals surface area contributed by atoms with E-state index in [1.165, 1.54) is 24.2 Å². The molecule has 1 fully saturated rings. The second-order valence-corrected chi connectivity index (χ2v) is 9.57. The summed E-state index contributed by atoms with van der Waals surface area (Å²) < 4.78 is 17.7. The molecule has 1 aliphatic rings. The van der Waals surface area contributed by atoms with Crippen molar-refractivity contribution in [2.75, 3.05) is 5.32 Å². The molecule has 1 amide bonds. The second kappa shape index (κ2) is 9.26. The molecule has 2 aromatic heterocycles. The molecule has 2 aromatic carbocycles. The molecule has 1 aliphatic carbocycles. The molecule has 8 nitrogen and oxygen atoms in total. The van der Waals surface area contributed by atoms with Crippen LogP contribution in [0.25, 0.3) is 11.5 Å². The van der Waals surface area contributed by atoms with Gasteiger partial charge >= 0.3 is 0 Å². The van der Waals surface area contributed by atoms with Crippen molar-refractivity contribution in [2.24, 2.45) is 5.92 Å². The van der Waals surface area contributed by atoms with Crippen LogP contribution < -0.4 is 14.8 Å². The normalized spacial score (nSPS) is 14.0. The van der Waals surface area contributed by atoms with Crippen molar-refractivity contribution >= 4 is 22.4 Å². The van der Waals surface area contributed by atoms with Gasteiger partial charge in [-0.05, 0) is 69.0 Å². The molecule has 1 unspecified atom stereocenters. The standard InChI is InChI=1S/C25H24N4O4S/c1-14-13-26-25(34-14)27-23(30)19-10-21(31-15(2)17-4-5-17)12-22(11-19)33-20-8-6-18(7-9-20)24-29-28-16(3)32-24/h6-13,15,17H,4-5H2,1-3H3,(H,26,27,30). The summed E-state index contributed by atoms with van der Waals surface area (Å²) in [5.41, 5.74) is 1.23. The van der Waals surface area contributed by atoms with E-state index >= 15 is 0 Å². The lowest BCUT2D eigenvalue weighted by Crippen LogP contribution is -2.15. The lowest BCUT2D eigenvalue weighted by Gasteiger charge is -2.16. The fourth-order valence-electron chi connectivity index (χ4n) is 3.50. The van der Waals surface area contributed by atoms with E-state index in [0.717, 1.165) is 10.4 Å². The topological polar surface area (TPSA) is 99.4 Å². The molecule has 9 heteroatoms. The predicted octanol–water partition coefficient (Wildman–Crippen LogP) is 6.03. The molecule has 1 saturated carbocycles. The first-order valence-corrected chi connectivity index (χ1v) is 11.9. The highest BCUT2D eigenvalue weighted by Gasteiger charge is 2.29. The van der Waals surface area contributed by atoms with Gasteiger partial charge in [0.1, 0.15) is 17.2 Å². The van der Waals surface area contributed by atoms with Gasteiger partial charge in [-0.25, -0.2) is 4.98 Å². The van der Waals surface area contributed by atoms with Crippen LogP contribution in [0.5, 0.6) is 17.2 Å². The maximum atomic E-state index is 12.9. The zero-order chi connectivity index (χ0) is 23.7. The maximum Gasteiger partial charge on any atom is 0.257 e. The summed E-state index contributed by atoms with van der Waals surface area (Å²) in [6.45, 7) is 5.75. The predicted molar refractivity (Wildman–Crippen MR) is 129 cm³/mol. The smallest absolute Gasteiger partial charge is 0.257 e. The first-order valence-electron chi connectivity index (χ1n) is 11.1. The van der Waals surface area contributed by atoms with Crippen molar-refractivity contribution in [1.29, 1.82) is 0 Å². The monoisotopic (exact) mass is 476 g/mol.